The van der Waals surface area contributed by atoms with E-state index in [1.807, 2.05) is 0 Å². The van der Waals surface area contributed by atoms with Crippen LogP contribution in [0.4, 0.5) is 0 Å². The van der Waals surface area contributed by atoms with Gasteiger partial charge < -0.3 is 11.5 Å². The first-order chi connectivity index (χ1) is 6.37. The van der Waals surface area contributed by atoms with Crippen LogP contribution in [0.5, 0.6) is 0 Å². The van der Waals surface area contributed by atoms with Crippen LogP contribution in [0, 0.1) is 17.8 Å². The lowest BCUT2D eigenvalue weighted by atomic mass is 9.71. The number of hydrogen-bond donors (Lipinski definition) is 2. The van der Waals surface area contributed by atoms with Crippen molar-refractivity contribution in [2.75, 3.05) is 0 Å². The van der Waals surface area contributed by atoms with E-state index >= 15 is 0 Å². The Balaban J connectivity index is 3.04. The molecule has 0 bridgehead atoms. The Morgan fingerprint density at radius 2 is 1.71 bits per heavy atom. The van der Waals surface area contributed by atoms with Gasteiger partial charge in [0.2, 0.25) is 5.91 Å². The third kappa shape index (κ3) is 1.43. The summed E-state index contributed by atoms with van der Waals surface area (Å²) >= 11 is 0. The van der Waals surface area contributed by atoms with Crippen molar-refractivity contribution < 1.29 is 14.4 Å². The highest BCUT2D eigenvalue weighted by molar-refractivity contribution is 6.21. The highest BCUT2D eigenvalue weighted by atomic mass is 16.2. The molecule has 4 unspecified atom stereocenters. The molecule has 0 aromatic rings. The number of carbonyl (C=O) groups is 3. The summed E-state index contributed by atoms with van der Waals surface area (Å²) in [6.07, 6.45) is 0. The fourth-order valence-electron chi connectivity index (χ4n) is 1.71. The molecular weight excluding hydrogens is 184 g/mol. The maximum atomic E-state index is 11.6. The third-order valence-electron chi connectivity index (χ3n) is 2.99. The van der Waals surface area contributed by atoms with Crippen molar-refractivity contribution in [2.45, 2.75) is 19.9 Å². The zero-order valence-corrected chi connectivity index (χ0v) is 8.19. The molecule has 1 amide bonds. The van der Waals surface area contributed by atoms with Gasteiger partial charge in [0.1, 0.15) is 0 Å². The molecule has 14 heavy (non-hydrogen) atoms. The molecular formula is C9H14N2O3. The smallest absolute Gasteiger partial charge is 0.235 e. The van der Waals surface area contributed by atoms with Crippen molar-refractivity contribution in [1.29, 1.82) is 0 Å². The molecule has 4 N–H and O–H groups in total. The van der Waals surface area contributed by atoms with Crippen LogP contribution in [0.3, 0.4) is 0 Å². The maximum Gasteiger partial charge on any atom is 0.235 e. The lowest BCUT2D eigenvalue weighted by Crippen LogP contribution is -2.56. The van der Waals surface area contributed by atoms with E-state index in [0.717, 1.165) is 0 Å². The Bertz CT molecular complexity index is 278. The summed E-state index contributed by atoms with van der Waals surface area (Å²) in [6, 6.07) is -0.764. The minimum atomic E-state index is -1.34. The van der Waals surface area contributed by atoms with Crippen molar-refractivity contribution in [1.82, 2.24) is 0 Å². The van der Waals surface area contributed by atoms with Crippen molar-refractivity contribution >= 4 is 17.5 Å². The molecule has 1 saturated carbocycles. The summed E-state index contributed by atoms with van der Waals surface area (Å²) in [4.78, 5) is 33.9. The van der Waals surface area contributed by atoms with E-state index in [9.17, 15) is 14.4 Å². The minimum absolute atomic E-state index is 0.231. The molecule has 1 aliphatic rings. The molecule has 0 aliphatic heterocycles. The molecule has 1 aliphatic carbocycles. The Morgan fingerprint density at radius 1 is 1.21 bits per heavy atom. The molecule has 5 nitrogen and oxygen atoms in total. The molecule has 5 heteroatoms. The second-order valence-corrected chi connectivity index (χ2v) is 3.81. The number of amides is 1. The number of nitrogens with two attached hydrogens (primary N) is 2. The van der Waals surface area contributed by atoms with E-state index in [1.165, 1.54) is 0 Å². The maximum absolute atomic E-state index is 11.6. The lowest BCUT2D eigenvalue weighted by Gasteiger charge is -2.32. The van der Waals surface area contributed by atoms with Gasteiger partial charge in [-0.2, -0.15) is 0 Å². The molecule has 1 rings (SSSR count). The first kappa shape index (κ1) is 10.8. The number of primary amides is 1. The van der Waals surface area contributed by atoms with Crippen LogP contribution >= 0.6 is 0 Å². The predicted octanol–water partition coefficient (Wildman–Crippen LogP) is -1.16. The number of ketones is 2. The topological polar surface area (TPSA) is 103 Å². The molecule has 0 spiro atoms. The van der Waals surface area contributed by atoms with Crippen molar-refractivity contribution in [2.24, 2.45) is 29.2 Å². The standard InChI is InChI=1S/C9H14N2O3/c1-3-4(2)7(12)5(9(11)14)8(13)6(3)10/h3-6H,10H2,1-2H3,(H2,11,14). The van der Waals surface area contributed by atoms with Gasteiger partial charge in [0, 0.05) is 5.92 Å². The quantitative estimate of drug-likeness (QED) is 0.518. The summed E-state index contributed by atoms with van der Waals surface area (Å²) in [6.45, 7) is 3.39. The molecule has 0 heterocycles. The Kier molecular flexibility index (Phi) is 2.71. The molecule has 1 fully saturated rings. The second kappa shape index (κ2) is 3.49. The molecule has 0 aromatic carbocycles. The van der Waals surface area contributed by atoms with Gasteiger partial charge in [-0.15, -0.1) is 0 Å². The number of rotatable bonds is 1. The predicted molar refractivity (Wildman–Crippen MR) is 49.0 cm³/mol. The normalized spacial score (nSPS) is 38.5. The van der Waals surface area contributed by atoms with E-state index in [2.05, 4.69) is 0 Å². The van der Waals surface area contributed by atoms with E-state index < -0.39 is 29.4 Å². The first-order valence-corrected chi connectivity index (χ1v) is 4.50. The van der Waals surface area contributed by atoms with Crippen molar-refractivity contribution in [3.8, 4) is 0 Å². The molecule has 0 radical (unpaired) electrons. The van der Waals surface area contributed by atoms with E-state index in [4.69, 9.17) is 11.5 Å². The van der Waals surface area contributed by atoms with Crippen molar-refractivity contribution in [3.63, 3.8) is 0 Å². The monoisotopic (exact) mass is 198 g/mol. The lowest BCUT2D eigenvalue weighted by molar-refractivity contribution is -0.146. The Morgan fingerprint density at radius 3 is 2.14 bits per heavy atom. The molecule has 0 aromatic heterocycles. The highest BCUT2D eigenvalue weighted by Crippen LogP contribution is 2.27. The van der Waals surface area contributed by atoms with Crippen molar-refractivity contribution in [3.05, 3.63) is 0 Å². The highest BCUT2D eigenvalue weighted by Gasteiger charge is 2.46. The summed E-state index contributed by atoms with van der Waals surface area (Å²) < 4.78 is 0. The summed E-state index contributed by atoms with van der Waals surface area (Å²) in [5.41, 5.74) is 10.6. The SMILES string of the molecule is CC1C(=O)C(C(N)=O)C(=O)C(N)C1C. The van der Waals surface area contributed by atoms with Gasteiger partial charge >= 0.3 is 0 Å². The van der Waals surface area contributed by atoms with E-state index in [0.29, 0.717) is 0 Å². The fourth-order valence-corrected chi connectivity index (χ4v) is 1.71. The van der Waals surface area contributed by atoms with Crippen LogP contribution in [0.25, 0.3) is 0 Å². The molecule has 0 saturated heterocycles. The Labute approximate surface area is 81.8 Å². The van der Waals surface area contributed by atoms with Gasteiger partial charge in [0.25, 0.3) is 0 Å². The van der Waals surface area contributed by atoms with Crippen LogP contribution in [0.1, 0.15) is 13.8 Å². The van der Waals surface area contributed by atoms with Crippen LogP contribution in [-0.2, 0) is 14.4 Å². The number of Topliss-reactive ketones (excluding diaryl/α,β-unsaturated/α-hetero) is 2. The largest absolute Gasteiger partial charge is 0.369 e. The third-order valence-corrected chi connectivity index (χ3v) is 2.99. The van der Waals surface area contributed by atoms with Gasteiger partial charge in [-0.05, 0) is 5.92 Å². The zero-order chi connectivity index (χ0) is 11.0. The number of carbonyl (C=O) groups excluding carboxylic acids is 3. The average Bonchev–Trinajstić information content (AvgIpc) is 2.11. The van der Waals surface area contributed by atoms with Crippen LogP contribution in [0.15, 0.2) is 0 Å². The summed E-state index contributed by atoms with van der Waals surface area (Å²) in [7, 11) is 0. The van der Waals surface area contributed by atoms with E-state index in [-0.39, 0.29) is 11.8 Å². The fraction of sp³-hybridized carbons (Fsp3) is 0.667. The van der Waals surface area contributed by atoms with Crippen LogP contribution < -0.4 is 11.5 Å². The van der Waals surface area contributed by atoms with Crippen LogP contribution in [-0.4, -0.2) is 23.5 Å². The van der Waals surface area contributed by atoms with Gasteiger partial charge in [0.05, 0.1) is 6.04 Å². The number of hydrogen-bond acceptors (Lipinski definition) is 4. The summed E-state index contributed by atoms with van der Waals surface area (Å²) in [5, 5.41) is 0. The average molecular weight is 198 g/mol. The van der Waals surface area contributed by atoms with Gasteiger partial charge in [-0.1, -0.05) is 13.8 Å². The minimum Gasteiger partial charge on any atom is -0.369 e. The molecule has 78 valence electrons. The van der Waals surface area contributed by atoms with Crippen LogP contribution in [0.2, 0.25) is 0 Å². The van der Waals surface area contributed by atoms with Gasteiger partial charge in [0.15, 0.2) is 17.5 Å². The van der Waals surface area contributed by atoms with E-state index in [1.54, 1.807) is 13.8 Å². The first-order valence-electron chi connectivity index (χ1n) is 4.50. The molecule has 4 atom stereocenters. The van der Waals surface area contributed by atoms with Gasteiger partial charge in [-0.25, -0.2) is 0 Å². The summed E-state index contributed by atoms with van der Waals surface area (Å²) in [5.74, 6) is -3.80. The Hall–Kier alpha value is -1.23. The second-order valence-electron chi connectivity index (χ2n) is 3.81. The zero-order valence-electron chi connectivity index (χ0n) is 8.19. The van der Waals surface area contributed by atoms with Gasteiger partial charge in [-0.3, -0.25) is 14.4 Å².